The Balaban J connectivity index is 2.47. The highest BCUT2D eigenvalue weighted by molar-refractivity contribution is 7.90. The van der Waals surface area contributed by atoms with Crippen LogP contribution in [0.15, 0.2) is 42.5 Å². The fourth-order valence-electron chi connectivity index (χ4n) is 2.09. The number of ether oxygens (including phenoxy) is 1. The summed E-state index contributed by atoms with van der Waals surface area (Å²) in [5.41, 5.74) is 0.545. The second-order valence-electron chi connectivity index (χ2n) is 6.30. The number of carbonyl (C=O) groups excluding carboxylic acids is 1. The summed E-state index contributed by atoms with van der Waals surface area (Å²) in [6.45, 7) is 4.72. The van der Waals surface area contributed by atoms with Gasteiger partial charge in [-0.15, -0.1) is 0 Å². The van der Waals surface area contributed by atoms with Crippen molar-refractivity contribution < 1.29 is 17.9 Å². The maximum atomic E-state index is 12.4. The molecule has 0 aromatic heterocycles. The van der Waals surface area contributed by atoms with Crippen molar-refractivity contribution in [1.82, 2.24) is 4.72 Å². The molecular weight excluding hydrogens is 314 g/mol. The van der Waals surface area contributed by atoms with Gasteiger partial charge in [0.2, 0.25) is 10.0 Å². The smallest absolute Gasteiger partial charge is 0.328 e. The topological polar surface area (TPSA) is 72.5 Å². The Morgan fingerprint density at radius 3 is 2.26 bits per heavy atom. The van der Waals surface area contributed by atoms with Crippen LogP contribution in [0.4, 0.5) is 0 Å². The monoisotopic (exact) mass is 335 g/mol. The van der Waals surface area contributed by atoms with E-state index in [1.807, 2.05) is 30.3 Å². The molecule has 0 aliphatic rings. The van der Waals surface area contributed by atoms with Crippen LogP contribution in [-0.4, -0.2) is 26.2 Å². The van der Waals surface area contributed by atoms with Crippen LogP contribution < -0.4 is 4.72 Å². The van der Waals surface area contributed by atoms with Crippen LogP contribution in [0.25, 0.3) is 10.8 Å². The predicted molar refractivity (Wildman–Crippen MR) is 90.5 cm³/mol. The third-order valence-corrected chi connectivity index (χ3v) is 5.78. The van der Waals surface area contributed by atoms with Crippen LogP contribution in [0, 0.1) is 0 Å². The summed E-state index contributed by atoms with van der Waals surface area (Å²) in [5.74, 6) is -0.645. The minimum absolute atomic E-state index is 0.545. The first-order valence-corrected chi connectivity index (χ1v) is 8.72. The molecule has 0 saturated carbocycles. The molecule has 0 radical (unpaired) electrons. The molecule has 1 unspecified atom stereocenters. The standard InChI is InChI=1S/C17H21NO4S/c1-17(2,3)23(20,21)18-15(16(19)22-4)14-10-9-12-7-5-6-8-13(12)11-14/h5-11,15,18H,1-4H3. The summed E-state index contributed by atoms with van der Waals surface area (Å²) in [6.07, 6.45) is 0. The highest BCUT2D eigenvalue weighted by Gasteiger charge is 2.35. The molecule has 2 aromatic carbocycles. The number of benzene rings is 2. The zero-order valence-electron chi connectivity index (χ0n) is 13.7. The van der Waals surface area contributed by atoms with Gasteiger partial charge in [0.25, 0.3) is 0 Å². The van der Waals surface area contributed by atoms with E-state index >= 15 is 0 Å². The van der Waals surface area contributed by atoms with Crippen molar-refractivity contribution in [2.24, 2.45) is 0 Å². The fraction of sp³-hybridized carbons (Fsp3) is 0.353. The number of methoxy groups -OCH3 is 1. The summed E-state index contributed by atoms with van der Waals surface area (Å²) < 4.78 is 31.0. The van der Waals surface area contributed by atoms with Gasteiger partial charge in [0.15, 0.2) is 0 Å². The number of nitrogens with one attached hydrogen (secondary N) is 1. The molecular formula is C17H21NO4S. The Morgan fingerprint density at radius 2 is 1.70 bits per heavy atom. The maximum Gasteiger partial charge on any atom is 0.328 e. The molecule has 1 N–H and O–H groups in total. The SMILES string of the molecule is COC(=O)C(NS(=O)(=O)C(C)(C)C)c1ccc2ccccc2c1. The van der Waals surface area contributed by atoms with E-state index in [-0.39, 0.29) is 0 Å². The summed E-state index contributed by atoms with van der Waals surface area (Å²) in [7, 11) is -2.47. The largest absolute Gasteiger partial charge is 0.468 e. The Morgan fingerprint density at radius 1 is 1.09 bits per heavy atom. The molecule has 0 saturated heterocycles. The number of sulfonamides is 1. The molecule has 0 spiro atoms. The van der Waals surface area contributed by atoms with Crippen molar-refractivity contribution >= 4 is 26.8 Å². The van der Waals surface area contributed by atoms with Gasteiger partial charge in [-0.2, -0.15) is 4.72 Å². The van der Waals surface area contributed by atoms with Crippen molar-refractivity contribution in [3.05, 3.63) is 48.0 Å². The van der Waals surface area contributed by atoms with E-state index in [1.165, 1.54) is 7.11 Å². The van der Waals surface area contributed by atoms with Crippen molar-refractivity contribution in [2.75, 3.05) is 7.11 Å². The molecule has 0 aliphatic heterocycles. The van der Waals surface area contributed by atoms with Gasteiger partial charge in [-0.25, -0.2) is 13.2 Å². The molecule has 0 heterocycles. The average molecular weight is 335 g/mol. The number of esters is 1. The van der Waals surface area contributed by atoms with E-state index in [4.69, 9.17) is 4.74 Å². The third-order valence-electron chi connectivity index (χ3n) is 3.62. The molecule has 1 atom stereocenters. The predicted octanol–water partition coefficient (Wildman–Crippen LogP) is 2.77. The Bertz CT molecular complexity index is 822. The van der Waals surface area contributed by atoms with E-state index in [0.29, 0.717) is 5.56 Å². The lowest BCUT2D eigenvalue weighted by Gasteiger charge is -2.24. The quantitative estimate of drug-likeness (QED) is 0.872. The van der Waals surface area contributed by atoms with Gasteiger partial charge in [-0.3, -0.25) is 0 Å². The number of hydrogen-bond donors (Lipinski definition) is 1. The minimum atomic E-state index is -3.70. The molecule has 124 valence electrons. The van der Waals surface area contributed by atoms with Crippen LogP contribution >= 0.6 is 0 Å². The number of hydrogen-bond acceptors (Lipinski definition) is 4. The fourth-order valence-corrected chi connectivity index (χ4v) is 2.99. The first-order chi connectivity index (χ1) is 10.7. The zero-order valence-corrected chi connectivity index (χ0v) is 14.5. The summed E-state index contributed by atoms with van der Waals surface area (Å²) >= 11 is 0. The lowest BCUT2D eigenvalue weighted by molar-refractivity contribution is -0.142. The van der Waals surface area contributed by atoms with Crippen LogP contribution in [0.5, 0.6) is 0 Å². The van der Waals surface area contributed by atoms with E-state index in [9.17, 15) is 13.2 Å². The maximum absolute atomic E-state index is 12.4. The van der Waals surface area contributed by atoms with Crippen LogP contribution in [-0.2, 0) is 19.6 Å². The van der Waals surface area contributed by atoms with Crippen molar-refractivity contribution in [3.63, 3.8) is 0 Å². The van der Waals surface area contributed by atoms with Gasteiger partial charge in [-0.1, -0.05) is 36.4 Å². The molecule has 23 heavy (non-hydrogen) atoms. The average Bonchev–Trinajstić information content (AvgIpc) is 2.50. The highest BCUT2D eigenvalue weighted by Crippen LogP contribution is 2.24. The molecule has 0 amide bonds. The van der Waals surface area contributed by atoms with Crippen molar-refractivity contribution in [2.45, 2.75) is 31.6 Å². The van der Waals surface area contributed by atoms with Crippen LogP contribution in [0.3, 0.4) is 0 Å². The summed E-state index contributed by atoms with van der Waals surface area (Å²) in [6, 6.07) is 12.0. The number of fused-ring (bicyclic) bond motifs is 1. The lowest BCUT2D eigenvalue weighted by Crippen LogP contribution is -2.43. The molecule has 0 fully saturated rings. The van der Waals surface area contributed by atoms with Crippen LogP contribution in [0.1, 0.15) is 32.4 Å². The van der Waals surface area contributed by atoms with Gasteiger partial charge in [0, 0.05) is 0 Å². The number of rotatable bonds is 4. The summed E-state index contributed by atoms with van der Waals surface area (Å²) in [4.78, 5) is 12.1. The van der Waals surface area contributed by atoms with Gasteiger partial charge in [-0.05, 0) is 43.2 Å². The van der Waals surface area contributed by atoms with Crippen LogP contribution in [0.2, 0.25) is 0 Å². The van der Waals surface area contributed by atoms with E-state index in [0.717, 1.165) is 10.8 Å². The Hall–Kier alpha value is -1.92. The Kier molecular flexibility index (Phi) is 4.77. The second-order valence-corrected chi connectivity index (χ2v) is 8.76. The normalized spacial score (nSPS) is 13.7. The van der Waals surface area contributed by atoms with Gasteiger partial charge in [0.1, 0.15) is 6.04 Å². The van der Waals surface area contributed by atoms with Crippen molar-refractivity contribution in [3.8, 4) is 0 Å². The first-order valence-electron chi connectivity index (χ1n) is 7.24. The molecule has 0 aliphatic carbocycles. The van der Waals surface area contributed by atoms with Gasteiger partial charge < -0.3 is 4.74 Å². The third kappa shape index (κ3) is 3.71. The Labute approximate surface area is 136 Å². The van der Waals surface area contributed by atoms with Gasteiger partial charge in [0.05, 0.1) is 11.9 Å². The molecule has 5 nitrogen and oxygen atoms in total. The first kappa shape index (κ1) is 17.4. The molecule has 2 aromatic rings. The van der Waals surface area contributed by atoms with Gasteiger partial charge >= 0.3 is 5.97 Å². The second kappa shape index (κ2) is 6.29. The molecule has 6 heteroatoms. The molecule has 2 rings (SSSR count). The van der Waals surface area contributed by atoms with E-state index < -0.39 is 26.8 Å². The lowest BCUT2D eigenvalue weighted by atomic mass is 10.0. The minimum Gasteiger partial charge on any atom is -0.468 e. The number of carbonyl (C=O) groups is 1. The van der Waals surface area contributed by atoms with E-state index in [2.05, 4.69) is 4.72 Å². The highest BCUT2D eigenvalue weighted by atomic mass is 32.2. The zero-order chi connectivity index (χ0) is 17.3. The molecule has 0 bridgehead atoms. The van der Waals surface area contributed by atoms with E-state index in [1.54, 1.807) is 32.9 Å². The van der Waals surface area contributed by atoms with Crippen molar-refractivity contribution in [1.29, 1.82) is 0 Å². The summed E-state index contributed by atoms with van der Waals surface area (Å²) in [5, 5.41) is 1.94.